The zero-order chi connectivity index (χ0) is 20.5. The standard InChI is InChI=1S/C20H21FN2O4S/c1-14-6-7-17(21)13-19(14)20(25)22-8-10-23(11-9-22)28(26,27)18-5-3-4-16(12-18)15(2)24/h3-7,12-13H,8-11H2,1-2H3. The molecule has 0 atom stereocenters. The van der Waals surface area contributed by atoms with Crippen LogP contribution in [0.5, 0.6) is 0 Å². The highest BCUT2D eigenvalue weighted by Gasteiger charge is 2.31. The van der Waals surface area contributed by atoms with Gasteiger partial charge in [0, 0.05) is 37.3 Å². The first-order chi connectivity index (χ1) is 13.2. The predicted octanol–water partition coefficient (Wildman–Crippen LogP) is 2.48. The minimum Gasteiger partial charge on any atom is -0.336 e. The van der Waals surface area contributed by atoms with E-state index in [0.717, 1.165) is 0 Å². The molecule has 2 aromatic rings. The Bertz CT molecular complexity index is 1030. The molecular weight excluding hydrogens is 383 g/mol. The number of rotatable bonds is 4. The maximum atomic E-state index is 13.5. The van der Waals surface area contributed by atoms with Crippen molar-refractivity contribution in [2.45, 2.75) is 18.7 Å². The molecule has 8 heteroatoms. The summed E-state index contributed by atoms with van der Waals surface area (Å²) in [6, 6.07) is 9.97. The molecule has 28 heavy (non-hydrogen) atoms. The normalized spacial score (nSPS) is 15.5. The summed E-state index contributed by atoms with van der Waals surface area (Å²) in [5.41, 5.74) is 1.28. The SMILES string of the molecule is CC(=O)c1cccc(S(=O)(=O)N2CCN(C(=O)c3cc(F)ccc3C)CC2)c1. The number of piperazine rings is 1. The Morgan fingerprint density at radius 2 is 1.68 bits per heavy atom. The molecule has 0 radical (unpaired) electrons. The van der Waals surface area contributed by atoms with E-state index in [1.54, 1.807) is 19.1 Å². The van der Waals surface area contributed by atoms with Crippen LogP contribution < -0.4 is 0 Å². The number of carbonyl (C=O) groups is 2. The van der Waals surface area contributed by atoms with Gasteiger partial charge in [0.2, 0.25) is 10.0 Å². The average Bonchev–Trinajstić information content (AvgIpc) is 2.69. The number of hydrogen-bond acceptors (Lipinski definition) is 4. The van der Waals surface area contributed by atoms with Gasteiger partial charge in [-0.25, -0.2) is 12.8 Å². The van der Waals surface area contributed by atoms with Gasteiger partial charge < -0.3 is 4.90 Å². The highest BCUT2D eigenvalue weighted by molar-refractivity contribution is 7.89. The molecule has 0 aromatic heterocycles. The third-order valence-electron chi connectivity index (χ3n) is 4.83. The lowest BCUT2D eigenvalue weighted by Gasteiger charge is -2.34. The zero-order valence-corrected chi connectivity index (χ0v) is 16.5. The smallest absolute Gasteiger partial charge is 0.254 e. The highest BCUT2D eigenvalue weighted by atomic mass is 32.2. The Hall–Kier alpha value is -2.58. The van der Waals surface area contributed by atoms with Crippen LogP contribution in [0, 0.1) is 12.7 Å². The van der Waals surface area contributed by atoms with Crippen LogP contribution in [0.25, 0.3) is 0 Å². The van der Waals surface area contributed by atoms with E-state index in [4.69, 9.17) is 0 Å². The molecule has 0 N–H and O–H groups in total. The first kappa shape index (κ1) is 20.2. The summed E-state index contributed by atoms with van der Waals surface area (Å²) in [5, 5.41) is 0. The average molecular weight is 404 g/mol. The summed E-state index contributed by atoms with van der Waals surface area (Å²) in [6.07, 6.45) is 0. The number of benzene rings is 2. The first-order valence-corrected chi connectivity index (χ1v) is 10.3. The topological polar surface area (TPSA) is 74.8 Å². The fraction of sp³-hybridized carbons (Fsp3) is 0.300. The molecular formula is C20H21FN2O4S. The van der Waals surface area contributed by atoms with Gasteiger partial charge >= 0.3 is 0 Å². The molecule has 1 aliphatic rings. The molecule has 1 saturated heterocycles. The van der Waals surface area contributed by atoms with Crippen LogP contribution in [-0.2, 0) is 10.0 Å². The molecule has 2 aromatic carbocycles. The second-order valence-corrected chi connectivity index (χ2v) is 8.68. The van der Waals surface area contributed by atoms with E-state index in [1.165, 1.54) is 46.5 Å². The third kappa shape index (κ3) is 3.98. The van der Waals surface area contributed by atoms with Crippen molar-refractivity contribution >= 4 is 21.7 Å². The van der Waals surface area contributed by atoms with Gasteiger partial charge in [-0.3, -0.25) is 9.59 Å². The fourth-order valence-electron chi connectivity index (χ4n) is 3.15. The largest absolute Gasteiger partial charge is 0.336 e. The maximum Gasteiger partial charge on any atom is 0.254 e. The second kappa shape index (κ2) is 7.81. The molecule has 0 bridgehead atoms. The van der Waals surface area contributed by atoms with Crippen molar-refractivity contribution in [3.05, 3.63) is 65.0 Å². The Morgan fingerprint density at radius 3 is 2.32 bits per heavy atom. The van der Waals surface area contributed by atoms with Crippen LogP contribution in [0.1, 0.15) is 33.2 Å². The van der Waals surface area contributed by atoms with Crippen molar-refractivity contribution in [1.29, 1.82) is 0 Å². The molecule has 3 rings (SSSR count). The molecule has 6 nitrogen and oxygen atoms in total. The lowest BCUT2D eigenvalue weighted by atomic mass is 10.1. The number of carbonyl (C=O) groups excluding carboxylic acids is 2. The number of nitrogens with zero attached hydrogens (tertiary/aromatic N) is 2. The summed E-state index contributed by atoms with van der Waals surface area (Å²) in [4.78, 5) is 25.8. The molecule has 1 aliphatic heterocycles. The number of amides is 1. The molecule has 0 spiro atoms. The maximum absolute atomic E-state index is 13.5. The Labute approximate surface area is 163 Å². The van der Waals surface area contributed by atoms with Gasteiger partial charge in [-0.1, -0.05) is 18.2 Å². The predicted molar refractivity (Wildman–Crippen MR) is 102 cm³/mol. The Kier molecular flexibility index (Phi) is 5.62. The van der Waals surface area contributed by atoms with Gasteiger partial charge in [-0.15, -0.1) is 0 Å². The minimum atomic E-state index is -3.76. The molecule has 148 valence electrons. The minimum absolute atomic E-state index is 0.0564. The number of Topliss-reactive ketones (excluding diaryl/α,β-unsaturated/α-hetero) is 1. The van der Waals surface area contributed by atoms with Gasteiger partial charge in [0.25, 0.3) is 5.91 Å². The van der Waals surface area contributed by atoms with E-state index in [-0.39, 0.29) is 48.3 Å². The van der Waals surface area contributed by atoms with Crippen LogP contribution in [0.4, 0.5) is 4.39 Å². The Morgan fingerprint density at radius 1 is 1.00 bits per heavy atom. The van der Waals surface area contributed by atoms with Crippen molar-refractivity contribution in [2.24, 2.45) is 0 Å². The number of halogens is 1. The number of ketones is 1. The Balaban J connectivity index is 1.74. The lowest BCUT2D eigenvalue weighted by Crippen LogP contribution is -2.50. The van der Waals surface area contributed by atoms with Crippen LogP contribution in [-0.4, -0.2) is 55.5 Å². The van der Waals surface area contributed by atoms with Crippen molar-refractivity contribution in [3.8, 4) is 0 Å². The van der Waals surface area contributed by atoms with Gasteiger partial charge in [0.1, 0.15) is 5.82 Å². The van der Waals surface area contributed by atoms with Crippen LogP contribution in [0.2, 0.25) is 0 Å². The first-order valence-electron chi connectivity index (χ1n) is 8.87. The molecule has 1 amide bonds. The van der Waals surface area contributed by atoms with Crippen molar-refractivity contribution in [3.63, 3.8) is 0 Å². The number of sulfonamides is 1. The van der Waals surface area contributed by atoms with Gasteiger partial charge in [0.15, 0.2) is 5.78 Å². The molecule has 0 unspecified atom stereocenters. The van der Waals surface area contributed by atoms with E-state index in [0.29, 0.717) is 11.1 Å². The lowest BCUT2D eigenvalue weighted by molar-refractivity contribution is 0.0696. The summed E-state index contributed by atoms with van der Waals surface area (Å²) < 4.78 is 40.5. The highest BCUT2D eigenvalue weighted by Crippen LogP contribution is 2.21. The molecule has 0 saturated carbocycles. The van der Waals surface area contributed by atoms with Crippen molar-refractivity contribution in [1.82, 2.24) is 9.21 Å². The third-order valence-corrected chi connectivity index (χ3v) is 6.73. The van der Waals surface area contributed by atoms with E-state index in [9.17, 15) is 22.4 Å². The monoisotopic (exact) mass is 404 g/mol. The number of hydrogen-bond donors (Lipinski definition) is 0. The second-order valence-electron chi connectivity index (χ2n) is 6.74. The molecule has 1 fully saturated rings. The van der Waals surface area contributed by atoms with Crippen LogP contribution in [0.15, 0.2) is 47.4 Å². The summed E-state index contributed by atoms with van der Waals surface area (Å²) in [5.74, 6) is -1.01. The van der Waals surface area contributed by atoms with Gasteiger partial charge in [0.05, 0.1) is 4.90 Å². The molecule has 0 aliphatic carbocycles. The molecule has 1 heterocycles. The van der Waals surface area contributed by atoms with Crippen LogP contribution in [0.3, 0.4) is 0 Å². The van der Waals surface area contributed by atoms with E-state index in [2.05, 4.69) is 0 Å². The van der Waals surface area contributed by atoms with Crippen molar-refractivity contribution < 1.29 is 22.4 Å². The summed E-state index contributed by atoms with van der Waals surface area (Å²) in [7, 11) is -3.76. The summed E-state index contributed by atoms with van der Waals surface area (Å²) in [6.45, 7) is 3.79. The van der Waals surface area contributed by atoms with Crippen LogP contribution >= 0.6 is 0 Å². The zero-order valence-electron chi connectivity index (χ0n) is 15.7. The van der Waals surface area contributed by atoms with E-state index in [1.807, 2.05) is 0 Å². The summed E-state index contributed by atoms with van der Waals surface area (Å²) >= 11 is 0. The number of aryl methyl sites for hydroxylation is 1. The van der Waals surface area contributed by atoms with Crippen molar-refractivity contribution in [2.75, 3.05) is 26.2 Å². The van der Waals surface area contributed by atoms with E-state index < -0.39 is 15.8 Å². The quantitative estimate of drug-likeness (QED) is 0.734. The van der Waals surface area contributed by atoms with E-state index >= 15 is 0 Å². The van der Waals surface area contributed by atoms with Gasteiger partial charge in [-0.05, 0) is 43.7 Å². The fourth-order valence-corrected chi connectivity index (χ4v) is 4.62. The van der Waals surface area contributed by atoms with Gasteiger partial charge in [-0.2, -0.15) is 4.31 Å².